The van der Waals surface area contributed by atoms with Gasteiger partial charge < -0.3 is 0 Å². The Labute approximate surface area is 205 Å². The predicted octanol–water partition coefficient (Wildman–Crippen LogP) is 9.73. The molecular formula is C32H40F2. The average Bonchev–Trinajstić information content (AvgIpc) is 2.86. The summed E-state index contributed by atoms with van der Waals surface area (Å²) in [7, 11) is 0. The number of benzene rings is 2. The molecule has 1 atom stereocenters. The standard InChI is InChI=1S/C32H40F2/c1-3-6-24-11-13-25(14-12-24)7-4-5-8-29-21-22-30(32(34)31(29)33)28-19-17-27(18-20-28)26-15-9-23(2)10-16-26/h4,7,9-11,15-16,21-22,25,27-28H,3,5-6,8,12-14,17-20H2,1-2H3. The van der Waals surface area contributed by atoms with E-state index in [1.54, 1.807) is 5.57 Å². The molecule has 0 aromatic heterocycles. The zero-order valence-corrected chi connectivity index (χ0v) is 21.0. The lowest BCUT2D eigenvalue weighted by Crippen LogP contribution is -2.14. The number of rotatable bonds is 8. The second kappa shape index (κ2) is 12.0. The Morgan fingerprint density at radius 1 is 0.853 bits per heavy atom. The van der Waals surface area contributed by atoms with Gasteiger partial charge in [-0.1, -0.05) is 79.1 Å². The van der Waals surface area contributed by atoms with Crippen LogP contribution in [0.15, 0.2) is 60.2 Å². The highest BCUT2D eigenvalue weighted by molar-refractivity contribution is 5.31. The van der Waals surface area contributed by atoms with Crippen molar-refractivity contribution in [2.45, 2.75) is 96.3 Å². The highest BCUT2D eigenvalue weighted by atomic mass is 19.2. The summed E-state index contributed by atoms with van der Waals surface area (Å²) in [6, 6.07) is 12.5. The van der Waals surface area contributed by atoms with Crippen molar-refractivity contribution in [3.05, 3.63) is 94.1 Å². The lowest BCUT2D eigenvalue weighted by atomic mass is 9.76. The number of aryl methyl sites for hydroxylation is 2. The van der Waals surface area contributed by atoms with Crippen molar-refractivity contribution >= 4 is 0 Å². The first kappa shape index (κ1) is 24.9. The molecule has 0 amide bonds. The summed E-state index contributed by atoms with van der Waals surface area (Å²) in [5.41, 5.74) is 5.35. The molecule has 2 aliphatic rings. The van der Waals surface area contributed by atoms with Crippen LogP contribution in [0.1, 0.15) is 105 Å². The van der Waals surface area contributed by atoms with Gasteiger partial charge in [-0.2, -0.15) is 0 Å². The van der Waals surface area contributed by atoms with E-state index in [0.717, 1.165) is 38.5 Å². The maximum atomic E-state index is 15.0. The number of allylic oxidation sites excluding steroid dienone is 4. The lowest BCUT2D eigenvalue weighted by molar-refractivity contribution is 0.380. The predicted molar refractivity (Wildman–Crippen MR) is 139 cm³/mol. The summed E-state index contributed by atoms with van der Waals surface area (Å²) in [6.45, 7) is 4.34. The molecule has 0 saturated heterocycles. The second-order valence-corrected chi connectivity index (χ2v) is 10.5. The van der Waals surface area contributed by atoms with Gasteiger partial charge in [-0.15, -0.1) is 0 Å². The smallest absolute Gasteiger partial charge is 0.162 e. The van der Waals surface area contributed by atoms with Crippen LogP contribution in [0.4, 0.5) is 8.78 Å². The SMILES string of the molecule is CCCC1=CCC(C=CCCc2ccc(C3CCC(c4ccc(C)cc4)CC3)c(F)c2F)CC1. The van der Waals surface area contributed by atoms with E-state index in [1.165, 1.54) is 36.8 Å². The normalized spacial score (nSPS) is 23.3. The lowest BCUT2D eigenvalue weighted by Gasteiger charge is -2.29. The van der Waals surface area contributed by atoms with Crippen LogP contribution in [0, 0.1) is 24.5 Å². The third-order valence-electron chi connectivity index (χ3n) is 8.01. The van der Waals surface area contributed by atoms with Crippen LogP contribution in [0.5, 0.6) is 0 Å². The van der Waals surface area contributed by atoms with Gasteiger partial charge in [0.2, 0.25) is 0 Å². The van der Waals surface area contributed by atoms with E-state index >= 15 is 4.39 Å². The van der Waals surface area contributed by atoms with Gasteiger partial charge in [0.1, 0.15) is 0 Å². The molecule has 0 aliphatic heterocycles. The quantitative estimate of drug-likeness (QED) is 0.342. The van der Waals surface area contributed by atoms with E-state index in [0.29, 0.717) is 29.4 Å². The van der Waals surface area contributed by atoms with Crippen LogP contribution in [-0.4, -0.2) is 0 Å². The molecule has 1 unspecified atom stereocenters. The minimum Gasteiger partial charge on any atom is -0.203 e. The second-order valence-electron chi connectivity index (χ2n) is 10.5. The van der Waals surface area contributed by atoms with Crippen LogP contribution >= 0.6 is 0 Å². The van der Waals surface area contributed by atoms with E-state index in [1.807, 2.05) is 12.1 Å². The van der Waals surface area contributed by atoms with Crippen molar-refractivity contribution in [2.24, 2.45) is 5.92 Å². The molecule has 0 N–H and O–H groups in total. The molecule has 0 spiro atoms. The maximum absolute atomic E-state index is 15.0. The van der Waals surface area contributed by atoms with Crippen molar-refractivity contribution in [3.8, 4) is 0 Å². The number of hydrogen-bond donors (Lipinski definition) is 0. The Morgan fingerprint density at radius 3 is 2.26 bits per heavy atom. The van der Waals surface area contributed by atoms with E-state index < -0.39 is 11.6 Å². The average molecular weight is 463 g/mol. The summed E-state index contributed by atoms with van der Waals surface area (Å²) in [5.74, 6) is 0.0212. The first-order valence-corrected chi connectivity index (χ1v) is 13.4. The first-order chi connectivity index (χ1) is 16.5. The molecule has 2 heteroatoms. The first-order valence-electron chi connectivity index (χ1n) is 13.4. The Morgan fingerprint density at radius 2 is 1.59 bits per heavy atom. The van der Waals surface area contributed by atoms with Crippen LogP contribution in [0.3, 0.4) is 0 Å². The molecule has 1 fully saturated rings. The summed E-state index contributed by atoms with van der Waals surface area (Å²) >= 11 is 0. The van der Waals surface area contributed by atoms with Crippen molar-refractivity contribution in [2.75, 3.05) is 0 Å². The van der Waals surface area contributed by atoms with Gasteiger partial charge in [-0.05, 0) is 106 Å². The fraction of sp³-hybridized carbons (Fsp3) is 0.500. The summed E-state index contributed by atoms with van der Waals surface area (Å²) in [6.07, 6.45) is 18.1. The summed E-state index contributed by atoms with van der Waals surface area (Å²) in [5, 5.41) is 0. The molecule has 34 heavy (non-hydrogen) atoms. The van der Waals surface area contributed by atoms with Gasteiger partial charge in [-0.25, -0.2) is 8.78 Å². The molecule has 4 rings (SSSR count). The molecule has 1 saturated carbocycles. The number of hydrogen-bond acceptors (Lipinski definition) is 0. The molecule has 2 aromatic carbocycles. The van der Waals surface area contributed by atoms with Gasteiger partial charge in [0, 0.05) is 0 Å². The van der Waals surface area contributed by atoms with Gasteiger partial charge in [-0.3, -0.25) is 0 Å². The zero-order chi connectivity index (χ0) is 23.9. The zero-order valence-electron chi connectivity index (χ0n) is 21.0. The molecule has 2 aliphatic carbocycles. The Kier molecular flexibility index (Phi) is 8.75. The maximum Gasteiger partial charge on any atom is 0.162 e. The monoisotopic (exact) mass is 462 g/mol. The molecule has 182 valence electrons. The van der Waals surface area contributed by atoms with Crippen molar-refractivity contribution in [3.63, 3.8) is 0 Å². The van der Waals surface area contributed by atoms with Crippen LogP contribution in [-0.2, 0) is 6.42 Å². The number of halogens is 2. The van der Waals surface area contributed by atoms with Crippen molar-refractivity contribution in [1.82, 2.24) is 0 Å². The van der Waals surface area contributed by atoms with Crippen LogP contribution in [0.2, 0.25) is 0 Å². The third kappa shape index (κ3) is 6.26. The molecule has 2 aromatic rings. The van der Waals surface area contributed by atoms with E-state index in [-0.39, 0.29) is 5.92 Å². The Bertz CT molecular complexity index is 990. The van der Waals surface area contributed by atoms with Gasteiger partial charge >= 0.3 is 0 Å². The Balaban J connectivity index is 1.29. The highest BCUT2D eigenvalue weighted by Crippen LogP contribution is 2.41. The fourth-order valence-corrected chi connectivity index (χ4v) is 5.85. The van der Waals surface area contributed by atoms with Crippen molar-refractivity contribution in [1.29, 1.82) is 0 Å². The molecule has 0 nitrogen and oxygen atoms in total. The largest absolute Gasteiger partial charge is 0.203 e. The van der Waals surface area contributed by atoms with E-state index in [2.05, 4.69) is 56.3 Å². The molecule has 0 heterocycles. The minimum atomic E-state index is -0.628. The molecular weight excluding hydrogens is 422 g/mol. The van der Waals surface area contributed by atoms with Crippen LogP contribution < -0.4 is 0 Å². The van der Waals surface area contributed by atoms with Crippen molar-refractivity contribution < 1.29 is 8.78 Å². The fourth-order valence-electron chi connectivity index (χ4n) is 5.85. The van der Waals surface area contributed by atoms with Gasteiger partial charge in [0.25, 0.3) is 0 Å². The summed E-state index contributed by atoms with van der Waals surface area (Å²) in [4.78, 5) is 0. The minimum absolute atomic E-state index is 0.127. The van der Waals surface area contributed by atoms with Gasteiger partial charge in [0.15, 0.2) is 11.6 Å². The third-order valence-corrected chi connectivity index (χ3v) is 8.01. The highest BCUT2D eigenvalue weighted by Gasteiger charge is 2.27. The van der Waals surface area contributed by atoms with E-state index in [9.17, 15) is 4.39 Å². The Hall–Kier alpha value is -2.22. The van der Waals surface area contributed by atoms with Gasteiger partial charge in [0.05, 0.1) is 0 Å². The van der Waals surface area contributed by atoms with Crippen LogP contribution in [0.25, 0.3) is 0 Å². The topological polar surface area (TPSA) is 0 Å². The molecule has 0 bridgehead atoms. The van der Waals surface area contributed by atoms with E-state index in [4.69, 9.17) is 0 Å². The molecule has 0 radical (unpaired) electrons. The summed E-state index contributed by atoms with van der Waals surface area (Å²) < 4.78 is 29.9.